The normalized spacial score (nSPS) is 12.3. The number of carboxylic acid groups (broad SMARTS) is 1. The number of anilines is 1. The van der Waals surface area contributed by atoms with Crippen LogP contribution in [-0.2, 0) is 28.6 Å². The third kappa shape index (κ3) is 9.00. The number of halogens is 3. The Balaban J connectivity index is 1.58. The maximum Gasteiger partial charge on any atom is 0.423 e. The summed E-state index contributed by atoms with van der Waals surface area (Å²) in [4.78, 5) is 61.8. The second-order valence-corrected chi connectivity index (χ2v) is 10.3. The van der Waals surface area contributed by atoms with Crippen LogP contribution in [0.3, 0.4) is 0 Å². The second kappa shape index (κ2) is 14.8. The molecule has 4 N–H and O–H groups in total. The SMILES string of the molecule is O=C(Nc1ccccc1C(=O)N[C@@H](Cc1ccccc1)C(=O)N[C@@H](Cc1ccccc1)C(=O)O)c1ccc([N+](=O)[O-])c(C(F)(F)F)c1. The molecule has 4 aromatic rings. The molecule has 4 aromatic carbocycles. The smallest absolute Gasteiger partial charge is 0.423 e. The van der Waals surface area contributed by atoms with Crippen LogP contribution in [0.4, 0.5) is 24.5 Å². The quantitative estimate of drug-likeness (QED) is 0.124. The van der Waals surface area contributed by atoms with Crippen LogP contribution in [0, 0.1) is 10.1 Å². The molecule has 11 nitrogen and oxygen atoms in total. The summed E-state index contributed by atoms with van der Waals surface area (Å²) in [6.07, 6.45) is -5.18. The van der Waals surface area contributed by atoms with Crippen molar-refractivity contribution in [2.45, 2.75) is 31.1 Å². The van der Waals surface area contributed by atoms with Crippen molar-refractivity contribution in [1.82, 2.24) is 10.6 Å². The molecule has 47 heavy (non-hydrogen) atoms. The van der Waals surface area contributed by atoms with Gasteiger partial charge in [-0.25, -0.2) is 4.79 Å². The fourth-order valence-electron chi connectivity index (χ4n) is 4.67. The van der Waals surface area contributed by atoms with Crippen LogP contribution in [0.2, 0.25) is 0 Å². The molecule has 0 bridgehead atoms. The molecule has 242 valence electrons. The molecule has 0 unspecified atom stereocenters. The number of nitrogens with one attached hydrogen (secondary N) is 3. The van der Waals surface area contributed by atoms with Gasteiger partial charge >= 0.3 is 12.1 Å². The molecular weight excluding hydrogens is 621 g/mol. The lowest BCUT2D eigenvalue weighted by Crippen LogP contribution is -2.53. The van der Waals surface area contributed by atoms with Gasteiger partial charge in [-0.1, -0.05) is 72.8 Å². The highest BCUT2D eigenvalue weighted by Gasteiger charge is 2.39. The van der Waals surface area contributed by atoms with Crippen LogP contribution in [0.25, 0.3) is 0 Å². The predicted octanol–water partition coefficient (Wildman–Crippen LogP) is 5.02. The van der Waals surface area contributed by atoms with Crippen molar-refractivity contribution in [3.05, 3.63) is 141 Å². The van der Waals surface area contributed by atoms with Crippen molar-refractivity contribution in [2.75, 3.05) is 5.32 Å². The Hall–Kier alpha value is -6.05. The zero-order valence-corrected chi connectivity index (χ0v) is 24.4. The molecule has 2 atom stereocenters. The number of aliphatic carboxylic acids is 1. The number of benzene rings is 4. The van der Waals surface area contributed by atoms with Gasteiger partial charge in [0.05, 0.1) is 16.2 Å². The zero-order chi connectivity index (χ0) is 34.1. The van der Waals surface area contributed by atoms with Crippen LogP contribution in [-0.4, -0.2) is 45.8 Å². The third-order valence-corrected chi connectivity index (χ3v) is 6.98. The molecule has 0 aromatic heterocycles. The van der Waals surface area contributed by atoms with E-state index in [0.717, 1.165) is 6.07 Å². The third-order valence-electron chi connectivity index (χ3n) is 6.98. The van der Waals surface area contributed by atoms with E-state index in [-0.39, 0.29) is 24.1 Å². The lowest BCUT2D eigenvalue weighted by molar-refractivity contribution is -0.388. The summed E-state index contributed by atoms with van der Waals surface area (Å²) < 4.78 is 40.4. The first kappa shape index (κ1) is 33.8. The van der Waals surface area contributed by atoms with Gasteiger partial charge in [0.2, 0.25) is 5.91 Å². The van der Waals surface area contributed by atoms with Gasteiger partial charge in [-0.3, -0.25) is 24.5 Å². The number of hydrogen-bond acceptors (Lipinski definition) is 6. The summed E-state index contributed by atoms with van der Waals surface area (Å²) >= 11 is 0. The largest absolute Gasteiger partial charge is 0.480 e. The van der Waals surface area contributed by atoms with E-state index in [9.17, 15) is 47.6 Å². The molecule has 0 aliphatic rings. The average molecular weight is 649 g/mol. The summed E-state index contributed by atoms with van der Waals surface area (Å²) in [6.45, 7) is 0. The number of carbonyl (C=O) groups is 4. The van der Waals surface area contributed by atoms with E-state index in [2.05, 4.69) is 16.0 Å². The van der Waals surface area contributed by atoms with Gasteiger partial charge in [-0.2, -0.15) is 13.2 Å². The fraction of sp³-hybridized carbons (Fsp3) is 0.152. The topological polar surface area (TPSA) is 168 Å². The molecule has 0 fully saturated rings. The van der Waals surface area contributed by atoms with Crippen molar-refractivity contribution in [3.8, 4) is 0 Å². The summed E-state index contributed by atoms with van der Waals surface area (Å²) in [5.74, 6) is -4.03. The maximum atomic E-state index is 13.5. The first-order valence-electron chi connectivity index (χ1n) is 14.0. The number of para-hydroxylation sites is 1. The van der Waals surface area contributed by atoms with Crippen molar-refractivity contribution >= 4 is 35.1 Å². The van der Waals surface area contributed by atoms with E-state index in [4.69, 9.17) is 0 Å². The molecule has 0 aliphatic carbocycles. The minimum atomic E-state index is -5.12. The van der Waals surface area contributed by atoms with Crippen LogP contribution >= 0.6 is 0 Å². The van der Waals surface area contributed by atoms with Gasteiger partial charge in [0, 0.05) is 24.5 Å². The van der Waals surface area contributed by atoms with Crippen LogP contribution in [0.15, 0.2) is 103 Å². The molecule has 0 aliphatic heterocycles. The standard InChI is InChI=1S/C33H27F3N4O7/c34-33(35,36)24-19-22(15-16-28(24)40(46)47)29(41)37-25-14-8-7-13-23(25)30(42)38-26(17-20-9-3-1-4-10-20)31(43)39-27(32(44)45)18-21-11-5-2-6-12-21/h1-16,19,26-27H,17-18H2,(H,37,41)(H,38,42)(H,39,43)(H,44,45)/t26-,27-/m0/s1. The van der Waals surface area contributed by atoms with Gasteiger partial charge in [0.25, 0.3) is 17.5 Å². The Morgan fingerprint density at radius 2 is 1.30 bits per heavy atom. The number of nitro groups is 1. The van der Waals surface area contributed by atoms with E-state index in [0.29, 0.717) is 23.3 Å². The summed E-state index contributed by atoms with van der Waals surface area (Å²) in [5, 5.41) is 28.3. The minimum absolute atomic E-state index is 0.0263. The number of nitro benzene ring substituents is 1. The number of alkyl halides is 3. The first-order valence-corrected chi connectivity index (χ1v) is 14.0. The van der Waals surface area contributed by atoms with Gasteiger partial charge < -0.3 is 21.1 Å². The van der Waals surface area contributed by atoms with Gasteiger partial charge in [-0.05, 0) is 35.4 Å². The van der Waals surface area contributed by atoms with E-state index >= 15 is 0 Å². The molecule has 0 saturated carbocycles. The number of amides is 3. The van der Waals surface area contributed by atoms with E-state index in [1.54, 1.807) is 60.7 Å². The molecule has 14 heteroatoms. The number of carbonyl (C=O) groups excluding carboxylic acids is 3. The fourth-order valence-corrected chi connectivity index (χ4v) is 4.67. The Morgan fingerprint density at radius 3 is 1.85 bits per heavy atom. The highest BCUT2D eigenvalue weighted by Crippen LogP contribution is 2.36. The number of rotatable bonds is 12. The van der Waals surface area contributed by atoms with Gasteiger partial charge in [0.15, 0.2) is 0 Å². The van der Waals surface area contributed by atoms with Crippen LogP contribution < -0.4 is 16.0 Å². The van der Waals surface area contributed by atoms with E-state index < -0.39 is 63.7 Å². The van der Waals surface area contributed by atoms with Gasteiger partial charge in [0.1, 0.15) is 17.6 Å². The van der Waals surface area contributed by atoms with Crippen molar-refractivity contribution in [2.24, 2.45) is 0 Å². The van der Waals surface area contributed by atoms with Gasteiger partial charge in [-0.15, -0.1) is 0 Å². The molecule has 0 heterocycles. The monoisotopic (exact) mass is 648 g/mol. The lowest BCUT2D eigenvalue weighted by Gasteiger charge is -2.22. The number of nitrogens with zero attached hydrogens (tertiary/aromatic N) is 1. The lowest BCUT2D eigenvalue weighted by atomic mass is 10.0. The number of carboxylic acids is 1. The molecular formula is C33H27F3N4O7. The van der Waals surface area contributed by atoms with Crippen LogP contribution in [0.5, 0.6) is 0 Å². The van der Waals surface area contributed by atoms with Crippen molar-refractivity contribution < 1.29 is 42.4 Å². The highest BCUT2D eigenvalue weighted by molar-refractivity contribution is 6.09. The maximum absolute atomic E-state index is 13.5. The zero-order valence-electron chi connectivity index (χ0n) is 24.4. The Morgan fingerprint density at radius 1 is 0.745 bits per heavy atom. The Kier molecular flexibility index (Phi) is 10.7. The number of hydrogen-bond donors (Lipinski definition) is 4. The molecule has 3 amide bonds. The van der Waals surface area contributed by atoms with E-state index in [1.165, 1.54) is 24.3 Å². The predicted molar refractivity (Wildman–Crippen MR) is 164 cm³/mol. The highest BCUT2D eigenvalue weighted by atomic mass is 19.4. The van der Waals surface area contributed by atoms with E-state index in [1.807, 2.05) is 0 Å². The van der Waals surface area contributed by atoms with Crippen LogP contribution in [0.1, 0.15) is 37.4 Å². The minimum Gasteiger partial charge on any atom is -0.480 e. The van der Waals surface area contributed by atoms with Crippen molar-refractivity contribution in [1.29, 1.82) is 0 Å². The summed E-state index contributed by atoms with van der Waals surface area (Å²) in [7, 11) is 0. The Bertz CT molecular complexity index is 1780. The molecule has 0 spiro atoms. The second-order valence-electron chi connectivity index (χ2n) is 10.3. The molecule has 4 rings (SSSR count). The first-order chi connectivity index (χ1) is 22.3. The average Bonchev–Trinajstić information content (AvgIpc) is 3.04. The summed E-state index contributed by atoms with van der Waals surface area (Å²) in [5.41, 5.74) is -2.41. The van der Waals surface area contributed by atoms with Crippen molar-refractivity contribution in [3.63, 3.8) is 0 Å². The molecule has 0 saturated heterocycles. The Labute approximate surface area is 265 Å². The summed E-state index contributed by atoms with van der Waals surface area (Å²) in [6, 6.07) is 21.8. The molecule has 0 radical (unpaired) electrons.